The highest BCUT2D eigenvalue weighted by molar-refractivity contribution is 5.76. The zero-order valence-electron chi connectivity index (χ0n) is 20.3. The molecule has 10 heteroatoms. The number of hydrogen-bond donors (Lipinski definition) is 2. The lowest BCUT2D eigenvalue weighted by atomic mass is 9.92. The molecule has 36 heavy (non-hydrogen) atoms. The monoisotopic (exact) mass is 489 g/mol. The van der Waals surface area contributed by atoms with Crippen molar-refractivity contribution < 1.29 is 8.81 Å². The smallest absolute Gasteiger partial charge is 0.323 e. The fourth-order valence-corrected chi connectivity index (χ4v) is 5.21. The summed E-state index contributed by atoms with van der Waals surface area (Å²) in [6.07, 6.45) is 8.16. The van der Waals surface area contributed by atoms with Crippen molar-refractivity contribution in [2.24, 2.45) is 0 Å². The third-order valence-electron chi connectivity index (χ3n) is 7.70. The highest BCUT2D eigenvalue weighted by Crippen LogP contribution is 2.49. The summed E-state index contributed by atoms with van der Waals surface area (Å²) >= 11 is 0. The number of hydrogen-bond acceptors (Lipinski definition) is 7. The summed E-state index contributed by atoms with van der Waals surface area (Å²) in [4.78, 5) is 27.0. The van der Waals surface area contributed by atoms with Gasteiger partial charge < -0.3 is 15.1 Å². The first-order chi connectivity index (χ1) is 17.4. The van der Waals surface area contributed by atoms with Crippen LogP contribution in [-0.2, 0) is 17.4 Å². The molecule has 2 aliphatic carbocycles. The van der Waals surface area contributed by atoms with Gasteiger partial charge in [-0.3, -0.25) is 9.18 Å². The molecule has 2 saturated carbocycles. The van der Waals surface area contributed by atoms with Gasteiger partial charge in [-0.15, -0.1) is 0 Å². The SMILES string of the molecule is CC(C)(CF)c1coc(-n2c3nc(Nc4ccc5c(c4)CCNC54CC4)ncc3c(=O)n2C2CC2)n1. The summed E-state index contributed by atoms with van der Waals surface area (Å²) in [5.74, 6) is 0.384. The average molecular weight is 490 g/mol. The van der Waals surface area contributed by atoms with E-state index in [4.69, 9.17) is 9.40 Å². The number of nitrogens with zero attached hydrogens (tertiary/aromatic N) is 5. The third kappa shape index (κ3) is 3.31. The van der Waals surface area contributed by atoms with Crippen LogP contribution in [-0.4, -0.2) is 37.5 Å². The van der Waals surface area contributed by atoms with Crippen LogP contribution in [0.4, 0.5) is 16.0 Å². The van der Waals surface area contributed by atoms with E-state index in [1.54, 1.807) is 29.4 Å². The Kier molecular flexibility index (Phi) is 4.52. The summed E-state index contributed by atoms with van der Waals surface area (Å²) < 4.78 is 22.6. The van der Waals surface area contributed by atoms with E-state index in [0.717, 1.165) is 31.5 Å². The van der Waals surface area contributed by atoms with Crippen LogP contribution in [0.25, 0.3) is 17.0 Å². The summed E-state index contributed by atoms with van der Waals surface area (Å²) in [5, 5.41) is 7.37. The fraction of sp³-hybridized carbons (Fsp3) is 0.462. The number of anilines is 2. The molecule has 2 N–H and O–H groups in total. The molecule has 4 heterocycles. The summed E-state index contributed by atoms with van der Waals surface area (Å²) in [6.45, 7) is 3.94. The largest absolute Gasteiger partial charge is 0.430 e. The first kappa shape index (κ1) is 21.7. The van der Waals surface area contributed by atoms with Crippen molar-refractivity contribution in [2.75, 3.05) is 18.5 Å². The minimum Gasteiger partial charge on any atom is -0.430 e. The third-order valence-corrected chi connectivity index (χ3v) is 7.70. The molecular weight excluding hydrogens is 461 g/mol. The predicted octanol–water partition coefficient (Wildman–Crippen LogP) is 4.03. The number of aromatic nitrogens is 5. The molecule has 0 amide bonds. The van der Waals surface area contributed by atoms with Crippen molar-refractivity contribution in [3.05, 3.63) is 57.8 Å². The maximum Gasteiger partial charge on any atom is 0.323 e. The molecule has 0 unspecified atom stereocenters. The second kappa shape index (κ2) is 7.49. The van der Waals surface area contributed by atoms with Crippen LogP contribution in [0.2, 0.25) is 0 Å². The van der Waals surface area contributed by atoms with Gasteiger partial charge in [0.1, 0.15) is 18.3 Å². The van der Waals surface area contributed by atoms with E-state index in [1.807, 2.05) is 0 Å². The van der Waals surface area contributed by atoms with E-state index in [-0.39, 0.29) is 23.2 Å². The van der Waals surface area contributed by atoms with E-state index in [9.17, 15) is 9.18 Å². The Morgan fingerprint density at radius 1 is 1.28 bits per heavy atom. The van der Waals surface area contributed by atoms with Gasteiger partial charge in [0.25, 0.3) is 5.56 Å². The molecule has 186 valence electrons. The van der Waals surface area contributed by atoms with Crippen LogP contribution in [0.3, 0.4) is 0 Å². The van der Waals surface area contributed by atoms with Crippen LogP contribution in [0.1, 0.15) is 62.4 Å². The lowest BCUT2D eigenvalue weighted by Gasteiger charge is -2.27. The van der Waals surface area contributed by atoms with Crippen LogP contribution in [0, 0.1) is 0 Å². The maximum atomic E-state index is 13.6. The molecule has 7 rings (SSSR count). The number of benzene rings is 1. The van der Waals surface area contributed by atoms with E-state index in [0.29, 0.717) is 22.7 Å². The predicted molar refractivity (Wildman–Crippen MR) is 133 cm³/mol. The molecule has 9 nitrogen and oxygen atoms in total. The Balaban J connectivity index is 1.30. The molecule has 0 radical (unpaired) electrons. The quantitative estimate of drug-likeness (QED) is 0.422. The van der Waals surface area contributed by atoms with Crippen molar-refractivity contribution in [1.82, 2.24) is 29.6 Å². The number of halogens is 1. The van der Waals surface area contributed by atoms with Crippen molar-refractivity contribution >= 4 is 22.7 Å². The molecule has 0 atom stereocenters. The topological polar surface area (TPSA) is 103 Å². The summed E-state index contributed by atoms with van der Waals surface area (Å²) in [7, 11) is 0. The van der Waals surface area contributed by atoms with Crippen LogP contribution in [0.5, 0.6) is 0 Å². The molecule has 1 aromatic carbocycles. The van der Waals surface area contributed by atoms with E-state index < -0.39 is 12.1 Å². The lowest BCUT2D eigenvalue weighted by Crippen LogP contribution is -2.36. The molecule has 2 fully saturated rings. The van der Waals surface area contributed by atoms with Gasteiger partial charge in [0.2, 0.25) is 5.95 Å². The average Bonchev–Trinajstić information content (AvgIpc) is 3.79. The maximum absolute atomic E-state index is 13.6. The molecule has 1 aliphatic heterocycles. The second-order valence-corrected chi connectivity index (χ2v) is 10.9. The van der Waals surface area contributed by atoms with Gasteiger partial charge in [-0.25, -0.2) is 9.67 Å². The molecule has 3 aromatic heterocycles. The Hall–Kier alpha value is -3.53. The number of nitrogens with one attached hydrogen (secondary N) is 2. The Labute approximate surface area is 206 Å². The lowest BCUT2D eigenvalue weighted by molar-refractivity contribution is 0.343. The van der Waals surface area contributed by atoms with Gasteiger partial charge in [-0.1, -0.05) is 19.9 Å². The number of rotatable bonds is 6. The summed E-state index contributed by atoms with van der Waals surface area (Å²) in [5.41, 5.74) is 3.74. The normalized spacial score (nSPS) is 18.5. The zero-order valence-corrected chi connectivity index (χ0v) is 20.3. The minimum atomic E-state index is -0.794. The van der Waals surface area contributed by atoms with Gasteiger partial charge in [0, 0.05) is 29.4 Å². The van der Waals surface area contributed by atoms with Crippen LogP contribution < -0.4 is 16.2 Å². The fourth-order valence-electron chi connectivity index (χ4n) is 5.21. The van der Waals surface area contributed by atoms with Gasteiger partial charge in [-0.05, 0) is 55.4 Å². The number of oxazole rings is 1. The van der Waals surface area contributed by atoms with Gasteiger partial charge >= 0.3 is 6.01 Å². The highest BCUT2D eigenvalue weighted by atomic mass is 19.1. The Morgan fingerprint density at radius 2 is 2.11 bits per heavy atom. The van der Waals surface area contributed by atoms with Crippen molar-refractivity contribution in [1.29, 1.82) is 0 Å². The Bertz CT molecular complexity index is 1560. The Morgan fingerprint density at radius 3 is 2.86 bits per heavy atom. The van der Waals surface area contributed by atoms with Crippen molar-refractivity contribution in [2.45, 2.75) is 62.9 Å². The van der Waals surface area contributed by atoms with Crippen molar-refractivity contribution in [3.63, 3.8) is 0 Å². The van der Waals surface area contributed by atoms with Crippen LogP contribution in [0.15, 0.2) is 39.9 Å². The second-order valence-electron chi connectivity index (χ2n) is 10.9. The molecule has 0 saturated heterocycles. The molecule has 1 spiro atoms. The molecule has 3 aliphatic rings. The molecule has 4 aromatic rings. The number of alkyl halides is 1. The first-order valence-electron chi connectivity index (χ1n) is 12.6. The number of fused-ring (bicyclic) bond motifs is 3. The van der Waals surface area contributed by atoms with Gasteiger partial charge in [0.15, 0.2) is 5.65 Å². The zero-order chi connectivity index (χ0) is 24.7. The van der Waals surface area contributed by atoms with Crippen molar-refractivity contribution in [3.8, 4) is 6.01 Å². The highest BCUT2D eigenvalue weighted by Gasteiger charge is 2.46. The summed E-state index contributed by atoms with van der Waals surface area (Å²) in [6, 6.07) is 6.67. The van der Waals surface area contributed by atoms with Crippen LogP contribution >= 0.6 is 0 Å². The molecule has 0 bridgehead atoms. The first-order valence-corrected chi connectivity index (χ1v) is 12.6. The van der Waals surface area contributed by atoms with E-state index in [1.165, 1.54) is 30.2 Å². The standard InChI is InChI=1S/C26H28FN7O2/c1-25(2,14-27)20-13-36-24(31-20)34-21-18(22(35)33(34)17-4-5-17)12-28-23(32-21)30-16-3-6-19-15(11-16)7-10-29-26(19)8-9-26/h3,6,11-13,17,29H,4-5,7-10,14H2,1-2H3,(H,28,30,32). The van der Waals surface area contributed by atoms with Gasteiger partial charge in [-0.2, -0.15) is 14.6 Å². The molecular formula is C26H28FN7O2. The minimum absolute atomic E-state index is 0.0524. The van der Waals surface area contributed by atoms with E-state index >= 15 is 0 Å². The van der Waals surface area contributed by atoms with Gasteiger partial charge in [0.05, 0.1) is 11.7 Å². The van der Waals surface area contributed by atoms with E-state index in [2.05, 4.69) is 38.8 Å².